The van der Waals surface area contributed by atoms with Crippen LogP contribution < -0.4 is 0 Å². The molecule has 1 aliphatic rings. The van der Waals surface area contributed by atoms with E-state index in [-0.39, 0.29) is 11.7 Å². The van der Waals surface area contributed by atoms with Gasteiger partial charge in [-0.15, -0.1) is 0 Å². The third-order valence-corrected chi connectivity index (χ3v) is 4.32. The van der Waals surface area contributed by atoms with Crippen LogP contribution >= 0.6 is 15.9 Å². The molecule has 0 bridgehead atoms. The number of amides is 1. The van der Waals surface area contributed by atoms with Gasteiger partial charge in [-0.2, -0.15) is 0 Å². The highest BCUT2D eigenvalue weighted by Gasteiger charge is 2.24. The van der Waals surface area contributed by atoms with Crippen LogP contribution in [0, 0.1) is 5.82 Å². The number of nitrogens with zero attached hydrogens (tertiary/aromatic N) is 2. The molecule has 1 unspecified atom stereocenters. The minimum Gasteiger partial charge on any atom is -0.340 e. The molecule has 0 radical (unpaired) electrons. The van der Waals surface area contributed by atoms with E-state index in [9.17, 15) is 9.18 Å². The van der Waals surface area contributed by atoms with Crippen LogP contribution in [0.25, 0.3) is 0 Å². The van der Waals surface area contributed by atoms with Crippen molar-refractivity contribution in [1.82, 2.24) is 9.80 Å². The zero-order valence-electron chi connectivity index (χ0n) is 11.2. The maximum Gasteiger partial charge on any atom is 0.254 e. The Balaban J connectivity index is 2.06. The van der Waals surface area contributed by atoms with Gasteiger partial charge in [0.15, 0.2) is 0 Å². The summed E-state index contributed by atoms with van der Waals surface area (Å²) >= 11 is 3.24. The third-order valence-electron chi connectivity index (χ3n) is 3.66. The summed E-state index contributed by atoms with van der Waals surface area (Å²) in [6.07, 6.45) is 2.31. The van der Waals surface area contributed by atoms with Crippen LogP contribution in [0.4, 0.5) is 4.39 Å². The van der Waals surface area contributed by atoms with E-state index in [1.54, 1.807) is 11.9 Å². The minimum atomic E-state index is -0.346. The van der Waals surface area contributed by atoms with Gasteiger partial charge in [0, 0.05) is 24.1 Å². The molecule has 1 fully saturated rings. The van der Waals surface area contributed by atoms with Crippen molar-refractivity contribution in [3.8, 4) is 0 Å². The highest BCUT2D eigenvalue weighted by molar-refractivity contribution is 9.10. The first-order valence-corrected chi connectivity index (χ1v) is 7.19. The number of rotatable bonds is 3. The van der Waals surface area contributed by atoms with Crippen LogP contribution in [-0.4, -0.2) is 48.9 Å². The molecule has 2 rings (SSSR count). The summed E-state index contributed by atoms with van der Waals surface area (Å²) < 4.78 is 13.5. The second kappa shape index (κ2) is 6.01. The lowest BCUT2D eigenvalue weighted by Crippen LogP contribution is -2.39. The molecule has 0 spiro atoms. The van der Waals surface area contributed by atoms with Crippen molar-refractivity contribution in [1.29, 1.82) is 0 Å². The van der Waals surface area contributed by atoms with Crippen molar-refractivity contribution in [2.24, 2.45) is 0 Å². The molecule has 3 nitrogen and oxygen atoms in total. The first kappa shape index (κ1) is 14.5. The Morgan fingerprint density at radius 1 is 1.58 bits per heavy atom. The van der Waals surface area contributed by atoms with Crippen molar-refractivity contribution in [3.05, 3.63) is 34.1 Å². The van der Waals surface area contributed by atoms with Crippen molar-refractivity contribution in [2.45, 2.75) is 18.9 Å². The third kappa shape index (κ3) is 3.34. The normalized spacial score (nSPS) is 19.7. The van der Waals surface area contributed by atoms with Gasteiger partial charge in [0.1, 0.15) is 5.82 Å². The fourth-order valence-electron chi connectivity index (χ4n) is 2.48. The van der Waals surface area contributed by atoms with E-state index in [1.165, 1.54) is 24.6 Å². The number of benzene rings is 1. The van der Waals surface area contributed by atoms with Crippen LogP contribution in [0.3, 0.4) is 0 Å². The summed E-state index contributed by atoms with van der Waals surface area (Å²) in [7, 11) is 3.88. The first-order chi connectivity index (χ1) is 8.99. The Morgan fingerprint density at radius 3 is 2.89 bits per heavy atom. The largest absolute Gasteiger partial charge is 0.340 e. The number of likely N-dealkylation sites (tertiary alicyclic amines) is 1. The number of carbonyl (C=O) groups excluding carboxylic acids is 1. The van der Waals surface area contributed by atoms with E-state index in [0.717, 1.165) is 13.0 Å². The summed E-state index contributed by atoms with van der Waals surface area (Å²) in [5, 5.41) is 0. The van der Waals surface area contributed by atoms with Gasteiger partial charge in [-0.1, -0.05) is 0 Å². The Morgan fingerprint density at radius 2 is 2.32 bits per heavy atom. The predicted molar refractivity (Wildman–Crippen MR) is 76.7 cm³/mol. The van der Waals surface area contributed by atoms with Crippen molar-refractivity contribution < 1.29 is 9.18 Å². The molecule has 1 aliphatic heterocycles. The highest BCUT2D eigenvalue weighted by Crippen LogP contribution is 2.21. The molecule has 0 aromatic heterocycles. The van der Waals surface area contributed by atoms with Gasteiger partial charge in [0.2, 0.25) is 0 Å². The molecular formula is C14H18BrFN2O. The molecule has 5 heteroatoms. The van der Waals surface area contributed by atoms with Crippen LogP contribution in [-0.2, 0) is 0 Å². The van der Waals surface area contributed by atoms with Gasteiger partial charge >= 0.3 is 0 Å². The van der Waals surface area contributed by atoms with Gasteiger partial charge in [-0.05, 0) is 60.6 Å². The Kier molecular flexibility index (Phi) is 4.58. The molecule has 1 atom stereocenters. The van der Waals surface area contributed by atoms with Crippen molar-refractivity contribution in [3.63, 3.8) is 0 Å². The Bertz CT molecular complexity index is 481. The first-order valence-electron chi connectivity index (χ1n) is 6.40. The summed E-state index contributed by atoms with van der Waals surface area (Å²) in [6, 6.07) is 4.58. The quantitative estimate of drug-likeness (QED) is 0.851. The molecule has 104 valence electrons. The fraction of sp³-hybridized carbons (Fsp3) is 0.500. The average Bonchev–Trinajstić information content (AvgIpc) is 2.74. The molecule has 0 N–H and O–H groups in total. The highest BCUT2D eigenvalue weighted by atomic mass is 79.9. The van der Waals surface area contributed by atoms with E-state index in [2.05, 4.69) is 27.9 Å². The van der Waals surface area contributed by atoms with Crippen molar-refractivity contribution >= 4 is 21.8 Å². The van der Waals surface area contributed by atoms with Gasteiger partial charge in [0.05, 0.1) is 5.56 Å². The summed E-state index contributed by atoms with van der Waals surface area (Å²) in [4.78, 5) is 16.3. The molecule has 1 heterocycles. The molecule has 1 aromatic rings. The Labute approximate surface area is 121 Å². The van der Waals surface area contributed by atoms with Crippen LogP contribution in [0.1, 0.15) is 23.2 Å². The smallest absolute Gasteiger partial charge is 0.254 e. The SMILES string of the molecule is CN(CC1CCCN1C)C(=O)c1ccc(F)cc1Br. The zero-order valence-corrected chi connectivity index (χ0v) is 12.8. The van der Waals surface area contributed by atoms with Gasteiger partial charge < -0.3 is 9.80 Å². The molecule has 19 heavy (non-hydrogen) atoms. The maximum absolute atomic E-state index is 13.0. The topological polar surface area (TPSA) is 23.6 Å². The molecule has 0 saturated carbocycles. The van der Waals surface area contributed by atoms with Gasteiger partial charge in [0.25, 0.3) is 5.91 Å². The number of carbonyl (C=O) groups is 1. The molecular weight excluding hydrogens is 311 g/mol. The van der Waals surface area contributed by atoms with E-state index in [1.807, 2.05) is 0 Å². The zero-order chi connectivity index (χ0) is 14.0. The predicted octanol–water partition coefficient (Wildman–Crippen LogP) is 2.75. The number of hydrogen-bond acceptors (Lipinski definition) is 2. The van der Waals surface area contributed by atoms with Crippen LogP contribution in [0.5, 0.6) is 0 Å². The fourth-order valence-corrected chi connectivity index (χ4v) is 3.00. The van der Waals surface area contributed by atoms with E-state index in [0.29, 0.717) is 22.6 Å². The van der Waals surface area contributed by atoms with Crippen LogP contribution in [0.15, 0.2) is 22.7 Å². The monoisotopic (exact) mass is 328 g/mol. The molecule has 0 aliphatic carbocycles. The second-order valence-electron chi connectivity index (χ2n) is 5.09. The van der Waals surface area contributed by atoms with Gasteiger partial charge in [-0.25, -0.2) is 4.39 Å². The summed E-state index contributed by atoms with van der Waals surface area (Å²) in [5.41, 5.74) is 0.504. The van der Waals surface area contributed by atoms with E-state index in [4.69, 9.17) is 0 Å². The average molecular weight is 329 g/mol. The van der Waals surface area contributed by atoms with Gasteiger partial charge in [-0.3, -0.25) is 4.79 Å². The Hall–Kier alpha value is -0.940. The number of likely N-dealkylation sites (N-methyl/N-ethyl adjacent to an activating group) is 2. The number of halogens is 2. The second-order valence-corrected chi connectivity index (χ2v) is 5.94. The van der Waals surface area contributed by atoms with Crippen LogP contribution in [0.2, 0.25) is 0 Å². The molecule has 1 aromatic carbocycles. The number of hydrogen-bond donors (Lipinski definition) is 0. The molecule has 1 saturated heterocycles. The van der Waals surface area contributed by atoms with E-state index < -0.39 is 0 Å². The molecule has 1 amide bonds. The van der Waals surface area contributed by atoms with E-state index >= 15 is 0 Å². The summed E-state index contributed by atoms with van der Waals surface area (Å²) in [6.45, 7) is 1.80. The lowest BCUT2D eigenvalue weighted by molar-refractivity contribution is 0.0760. The lowest BCUT2D eigenvalue weighted by Gasteiger charge is -2.26. The van der Waals surface area contributed by atoms with Crippen molar-refractivity contribution in [2.75, 3.05) is 27.2 Å². The summed E-state index contributed by atoms with van der Waals surface area (Å²) in [5.74, 6) is -0.422. The minimum absolute atomic E-state index is 0.0767. The standard InChI is InChI=1S/C14H18BrFN2O/c1-17-7-3-4-11(17)9-18(2)14(19)12-6-5-10(16)8-13(12)15/h5-6,8,11H,3-4,7,9H2,1-2H3. The lowest BCUT2D eigenvalue weighted by atomic mass is 10.1. The maximum atomic E-state index is 13.0.